The molecule has 5 nitrogen and oxygen atoms in total. The smallest absolute Gasteiger partial charge is 0.306 e. The molecule has 0 fully saturated rings. The molecule has 0 aliphatic rings. The number of benzene rings is 2. The van der Waals surface area contributed by atoms with E-state index in [2.05, 4.69) is 0 Å². The molecular weight excluding hydrogens is 340 g/mol. The van der Waals surface area contributed by atoms with Crippen LogP contribution in [0.25, 0.3) is 0 Å². The predicted octanol–water partition coefficient (Wildman–Crippen LogP) is 3.23. The summed E-state index contributed by atoms with van der Waals surface area (Å²) >= 11 is 0. The Morgan fingerprint density at radius 3 is 1.84 bits per heavy atom. The number of hydrogen-bond donors (Lipinski definition) is 0. The lowest BCUT2D eigenvalue weighted by molar-refractivity contribution is 0.151. The molecule has 0 spiro atoms. The van der Waals surface area contributed by atoms with Crippen molar-refractivity contribution >= 4 is 10.1 Å². The SMILES string of the molecule is CCOCCc1ccc(OCCc2ccc(OS(C)(=O)=O)cc2)cc1. The Morgan fingerprint density at radius 1 is 0.800 bits per heavy atom. The molecule has 0 unspecified atom stereocenters. The van der Waals surface area contributed by atoms with Crippen molar-refractivity contribution in [2.75, 3.05) is 26.1 Å². The Labute approximate surface area is 149 Å². The molecule has 0 saturated heterocycles. The molecule has 136 valence electrons. The van der Waals surface area contributed by atoms with Crippen molar-refractivity contribution in [3.8, 4) is 11.5 Å². The molecule has 0 amide bonds. The van der Waals surface area contributed by atoms with Crippen LogP contribution in [-0.2, 0) is 27.7 Å². The maximum Gasteiger partial charge on any atom is 0.306 e. The Hall–Kier alpha value is -2.05. The van der Waals surface area contributed by atoms with Crippen LogP contribution in [0.2, 0.25) is 0 Å². The quantitative estimate of drug-likeness (QED) is 0.478. The van der Waals surface area contributed by atoms with E-state index >= 15 is 0 Å². The summed E-state index contributed by atoms with van der Waals surface area (Å²) in [5, 5.41) is 0. The summed E-state index contributed by atoms with van der Waals surface area (Å²) in [7, 11) is -3.49. The molecule has 0 saturated carbocycles. The van der Waals surface area contributed by atoms with Crippen molar-refractivity contribution in [1.82, 2.24) is 0 Å². The third-order valence-electron chi connectivity index (χ3n) is 3.49. The zero-order chi connectivity index (χ0) is 18.1. The largest absolute Gasteiger partial charge is 0.493 e. The molecule has 2 aromatic carbocycles. The van der Waals surface area contributed by atoms with Crippen LogP contribution in [0.5, 0.6) is 11.5 Å². The first kappa shape index (κ1) is 19.3. The highest BCUT2D eigenvalue weighted by Crippen LogP contribution is 2.16. The van der Waals surface area contributed by atoms with Gasteiger partial charge in [-0.25, -0.2) is 0 Å². The molecule has 0 atom stereocenters. The highest BCUT2D eigenvalue weighted by Gasteiger charge is 2.04. The van der Waals surface area contributed by atoms with Crippen LogP contribution in [0.1, 0.15) is 18.1 Å². The molecule has 0 aliphatic carbocycles. The van der Waals surface area contributed by atoms with Gasteiger partial charge in [0.25, 0.3) is 0 Å². The molecule has 0 aliphatic heterocycles. The van der Waals surface area contributed by atoms with Crippen molar-refractivity contribution in [2.45, 2.75) is 19.8 Å². The van der Waals surface area contributed by atoms with Gasteiger partial charge in [0.15, 0.2) is 0 Å². The Morgan fingerprint density at radius 2 is 1.32 bits per heavy atom. The van der Waals surface area contributed by atoms with Gasteiger partial charge in [-0.15, -0.1) is 0 Å². The predicted molar refractivity (Wildman–Crippen MR) is 97.8 cm³/mol. The summed E-state index contributed by atoms with van der Waals surface area (Å²) in [5.41, 5.74) is 2.27. The van der Waals surface area contributed by atoms with Gasteiger partial charge in [-0.05, 0) is 48.7 Å². The van der Waals surface area contributed by atoms with E-state index in [4.69, 9.17) is 13.7 Å². The minimum Gasteiger partial charge on any atom is -0.493 e. The molecule has 2 aromatic rings. The van der Waals surface area contributed by atoms with Crippen molar-refractivity contribution in [2.24, 2.45) is 0 Å². The van der Waals surface area contributed by atoms with E-state index in [-0.39, 0.29) is 0 Å². The van der Waals surface area contributed by atoms with Gasteiger partial charge >= 0.3 is 10.1 Å². The fourth-order valence-electron chi connectivity index (χ4n) is 2.26. The van der Waals surface area contributed by atoms with Crippen LogP contribution in [0.3, 0.4) is 0 Å². The molecule has 0 heterocycles. The second-order valence-corrected chi connectivity index (χ2v) is 7.20. The molecule has 25 heavy (non-hydrogen) atoms. The number of ether oxygens (including phenoxy) is 2. The van der Waals surface area contributed by atoms with Crippen LogP contribution < -0.4 is 8.92 Å². The van der Waals surface area contributed by atoms with Crippen LogP contribution in [0.15, 0.2) is 48.5 Å². The molecule has 0 aromatic heterocycles. The summed E-state index contributed by atoms with van der Waals surface area (Å²) in [5.74, 6) is 1.15. The van der Waals surface area contributed by atoms with Crippen LogP contribution in [-0.4, -0.2) is 34.5 Å². The van der Waals surface area contributed by atoms with E-state index in [1.165, 1.54) is 5.56 Å². The van der Waals surface area contributed by atoms with Crippen molar-refractivity contribution in [3.63, 3.8) is 0 Å². The topological polar surface area (TPSA) is 61.8 Å². The van der Waals surface area contributed by atoms with Gasteiger partial charge in [-0.2, -0.15) is 8.42 Å². The third-order valence-corrected chi connectivity index (χ3v) is 3.99. The number of hydrogen-bond acceptors (Lipinski definition) is 5. The van der Waals surface area contributed by atoms with E-state index in [0.717, 1.165) is 43.6 Å². The highest BCUT2D eigenvalue weighted by molar-refractivity contribution is 7.86. The Balaban J connectivity index is 1.76. The average molecular weight is 364 g/mol. The first-order chi connectivity index (χ1) is 12.0. The van der Waals surface area contributed by atoms with Crippen LogP contribution in [0, 0.1) is 0 Å². The monoisotopic (exact) mass is 364 g/mol. The molecule has 2 rings (SSSR count). The van der Waals surface area contributed by atoms with Gasteiger partial charge < -0.3 is 13.7 Å². The van der Waals surface area contributed by atoms with Crippen molar-refractivity contribution in [1.29, 1.82) is 0 Å². The lowest BCUT2D eigenvalue weighted by Gasteiger charge is -2.08. The normalized spacial score (nSPS) is 11.3. The van der Waals surface area contributed by atoms with Crippen LogP contribution in [0.4, 0.5) is 0 Å². The highest BCUT2D eigenvalue weighted by atomic mass is 32.2. The van der Waals surface area contributed by atoms with E-state index < -0.39 is 10.1 Å². The third kappa shape index (κ3) is 7.58. The maximum atomic E-state index is 11.1. The van der Waals surface area contributed by atoms with E-state index in [1.807, 2.05) is 43.3 Å². The van der Waals surface area contributed by atoms with E-state index in [9.17, 15) is 8.42 Å². The lowest BCUT2D eigenvalue weighted by Crippen LogP contribution is -2.06. The summed E-state index contributed by atoms with van der Waals surface area (Å²) in [6, 6.07) is 15.0. The fourth-order valence-corrected chi connectivity index (χ4v) is 2.72. The number of rotatable bonds is 10. The lowest BCUT2D eigenvalue weighted by atomic mass is 10.1. The summed E-state index contributed by atoms with van der Waals surface area (Å²) in [4.78, 5) is 0. The van der Waals surface area contributed by atoms with E-state index in [0.29, 0.717) is 12.4 Å². The molecule has 0 N–H and O–H groups in total. The summed E-state index contributed by atoms with van der Waals surface area (Å²) in [6.45, 7) is 4.01. The molecular formula is C19H24O5S. The minimum atomic E-state index is -3.49. The van der Waals surface area contributed by atoms with Crippen molar-refractivity contribution in [3.05, 3.63) is 59.7 Å². The van der Waals surface area contributed by atoms with Gasteiger partial charge in [-0.1, -0.05) is 24.3 Å². The second kappa shape index (κ2) is 9.44. The van der Waals surface area contributed by atoms with Gasteiger partial charge in [0.1, 0.15) is 11.5 Å². The van der Waals surface area contributed by atoms with Gasteiger partial charge in [0, 0.05) is 13.0 Å². The summed E-state index contributed by atoms with van der Waals surface area (Å²) < 4.78 is 38.0. The standard InChI is InChI=1S/C19H24O5S/c1-3-22-14-12-16-4-8-18(9-5-16)23-15-13-17-6-10-19(11-7-17)24-25(2,20)21/h4-11H,3,12-15H2,1-2H3. The summed E-state index contributed by atoms with van der Waals surface area (Å²) in [6.07, 6.45) is 2.65. The molecule has 0 radical (unpaired) electrons. The second-order valence-electron chi connectivity index (χ2n) is 5.62. The minimum absolute atomic E-state index is 0.315. The Bertz CT molecular complexity index is 736. The van der Waals surface area contributed by atoms with Crippen molar-refractivity contribution < 1.29 is 22.1 Å². The maximum absolute atomic E-state index is 11.1. The molecule has 6 heteroatoms. The molecule has 0 bridgehead atoms. The van der Waals surface area contributed by atoms with Gasteiger partial charge in [0.2, 0.25) is 0 Å². The average Bonchev–Trinajstić information content (AvgIpc) is 2.57. The zero-order valence-electron chi connectivity index (χ0n) is 14.6. The van der Waals surface area contributed by atoms with E-state index in [1.54, 1.807) is 12.1 Å². The Kier molecular flexibility index (Phi) is 7.28. The first-order valence-corrected chi connectivity index (χ1v) is 10.1. The fraction of sp³-hybridized carbons (Fsp3) is 0.368. The van der Waals surface area contributed by atoms with Crippen LogP contribution >= 0.6 is 0 Å². The first-order valence-electron chi connectivity index (χ1n) is 8.24. The zero-order valence-corrected chi connectivity index (χ0v) is 15.4. The van der Waals surface area contributed by atoms with Gasteiger partial charge in [-0.3, -0.25) is 0 Å². The van der Waals surface area contributed by atoms with Gasteiger partial charge in [0.05, 0.1) is 19.5 Å².